The second kappa shape index (κ2) is 5.65. The molecule has 2 aromatic rings. The Kier molecular flexibility index (Phi) is 3.70. The molecule has 0 spiro atoms. The average Bonchev–Trinajstić information content (AvgIpc) is 2.85. The molecule has 0 unspecified atom stereocenters. The first-order valence-electron chi connectivity index (χ1n) is 7.30. The predicted molar refractivity (Wildman–Crippen MR) is 85.9 cm³/mol. The van der Waals surface area contributed by atoms with E-state index in [4.69, 9.17) is 9.47 Å². The van der Waals surface area contributed by atoms with E-state index >= 15 is 0 Å². The lowest BCUT2D eigenvalue weighted by Gasteiger charge is -2.16. The van der Waals surface area contributed by atoms with Crippen molar-refractivity contribution in [2.75, 3.05) is 7.11 Å². The van der Waals surface area contributed by atoms with Crippen LogP contribution >= 0.6 is 0 Å². The molecule has 21 heavy (non-hydrogen) atoms. The van der Waals surface area contributed by atoms with Gasteiger partial charge in [0.05, 0.1) is 7.11 Å². The summed E-state index contributed by atoms with van der Waals surface area (Å²) in [6.45, 7) is 4.26. The third-order valence-electron chi connectivity index (χ3n) is 4.04. The lowest BCUT2D eigenvalue weighted by atomic mass is 9.92. The van der Waals surface area contributed by atoms with Gasteiger partial charge in [-0.3, -0.25) is 0 Å². The van der Waals surface area contributed by atoms with Gasteiger partial charge in [0.1, 0.15) is 17.6 Å². The van der Waals surface area contributed by atoms with Crippen LogP contribution in [0.2, 0.25) is 0 Å². The van der Waals surface area contributed by atoms with Crippen LogP contribution in [0, 0.1) is 0 Å². The minimum absolute atomic E-state index is 0.0757. The van der Waals surface area contributed by atoms with Crippen molar-refractivity contribution in [3.05, 3.63) is 65.2 Å². The maximum absolute atomic E-state index is 6.15. The number of rotatable bonds is 3. The lowest BCUT2D eigenvalue weighted by Crippen LogP contribution is -2.07. The van der Waals surface area contributed by atoms with Crippen LogP contribution in [-0.2, 0) is 0 Å². The van der Waals surface area contributed by atoms with Crippen LogP contribution in [0.4, 0.5) is 0 Å². The standard InChI is InChI=1S/C19H20O2/c1-4-5-14-6-11-18-17(12-14)13(2)19(21-18)15-7-9-16(20-3)10-8-15/h4-13,19H,1-3H3/b5-4+/t13-,19-/m1/s1. The molecule has 0 saturated carbocycles. The first-order valence-corrected chi connectivity index (χ1v) is 7.30. The topological polar surface area (TPSA) is 18.5 Å². The SMILES string of the molecule is C/C=C/c1ccc2c(c1)[C@@H](C)[C@H](c1ccc(OC)cc1)O2. The zero-order valence-electron chi connectivity index (χ0n) is 12.7. The van der Waals surface area contributed by atoms with Gasteiger partial charge >= 0.3 is 0 Å². The lowest BCUT2D eigenvalue weighted by molar-refractivity contribution is 0.216. The minimum atomic E-state index is 0.0757. The van der Waals surface area contributed by atoms with E-state index in [9.17, 15) is 0 Å². The zero-order valence-corrected chi connectivity index (χ0v) is 12.7. The van der Waals surface area contributed by atoms with Crippen LogP contribution in [0.5, 0.6) is 11.5 Å². The Morgan fingerprint density at radius 2 is 1.86 bits per heavy atom. The summed E-state index contributed by atoms with van der Waals surface area (Å²) in [5.41, 5.74) is 3.69. The molecule has 0 fully saturated rings. The minimum Gasteiger partial charge on any atom is -0.497 e. The molecule has 1 aliphatic heterocycles. The highest BCUT2D eigenvalue weighted by Crippen LogP contribution is 2.46. The van der Waals surface area contributed by atoms with Crippen LogP contribution in [0.1, 0.15) is 42.6 Å². The van der Waals surface area contributed by atoms with Gasteiger partial charge in [-0.15, -0.1) is 0 Å². The smallest absolute Gasteiger partial charge is 0.130 e. The van der Waals surface area contributed by atoms with Crippen molar-refractivity contribution in [3.63, 3.8) is 0 Å². The largest absolute Gasteiger partial charge is 0.497 e. The fraction of sp³-hybridized carbons (Fsp3) is 0.263. The van der Waals surface area contributed by atoms with Crippen LogP contribution < -0.4 is 9.47 Å². The summed E-state index contributed by atoms with van der Waals surface area (Å²) in [5.74, 6) is 2.22. The van der Waals surface area contributed by atoms with Crippen molar-refractivity contribution in [2.45, 2.75) is 25.9 Å². The molecule has 0 N–H and O–H groups in total. The quantitative estimate of drug-likeness (QED) is 0.790. The molecule has 1 aliphatic rings. The Labute approximate surface area is 126 Å². The van der Waals surface area contributed by atoms with Gasteiger partial charge in [0, 0.05) is 11.5 Å². The molecule has 2 atom stereocenters. The molecule has 2 aromatic carbocycles. The predicted octanol–water partition coefficient (Wildman–Crippen LogP) is 4.97. The number of methoxy groups -OCH3 is 1. The number of fused-ring (bicyclic) bond motifs is 1. The summed E-state index contributed by atoms with van der Waals surface area (Å²) < 4.78 is 11.4. The average molecular weight is 280 g/mol. The Morgan fingerprint density at radius 3 is 2.52 bits per heavy atom. The van der Waals surface area contributed by atoms with E-state index in [0.29, 0.717) is 5.92 Å². The molecule has 0 bridgehead atoms. The number of hydrogen-bond acceptors (Lipinski definition) is 2. The van der Waals surface area contributed by atoms with Crippen LogP contribution in [-0.4, -0.2) is 7.11 Å². The maximum Gasteiger partial charge on any atom is 0.130 e. The summed E-state index contributed by atoms with van der Waals surface area (Å²) in [6.07, 6.45) is 4.25. The van der Waals surface area contributed by atoms with Gasteiger partial charge in [-0.25, -0.2) is 0 Å². The molecule has 2 heteroatoms. The van der Waals surface area contributed by atoms with Crippen LogP contribution in [0.15, 0.2) is 48.5 Å². The normalized spacial score (nSPS) is 20.3. The van der Waals surface area contributed by atoms with Crippen molar-refractivity contribution in [1.82, 2.24) is 0 Å². The van der Waals surface area contributed by atoms with Gasteiger partial charge in [0.25, 0.3) is 0 Å². The highest BCUT2D eigenvalue weighted by Gasteiger charge is 2.32. The van der Waals surface area contributed by atoms with Gasteiger partial charge in [0.15, 0.2) is 0 Å². The molecule has 2 nitrogen and oxygen atoms in total. The van der Waals surface area contributed by atoms with Gasteiger partial charge in [0.2, 0.25) is 0 Å². The third-order valence-corrected chi connectivity index (χ3v) is 4.04. The van der Waals surface area contributed by atoms with Gasteiger partial charge in [-0.1, -0.05) is 37.3 Å². The first-order chi connectivity index (χ1) is 10.2. The van der Waals surface area contributed by atoms with E-state index in [1.807, 2.05) is 19.1 Å². The van der Waals surface area contributed by atoms with Crippen LogP contribution in [0.3, 0.4) is 0 Å². The molecule has 0 saturated heterocycles. The molecule has 1 heterocycles. The van der Waals surface area contributed by atoms with Crippen molar-refractivity contribution in [3.8, 4) is 11.5 Å². The summed E-state index contributed by atoms with van der Waals surface area (Å²) >= 11 is 0. The van der Waals surface area contributed by atoms with Crippen LogP contribution in [0.25, 0.3) is 6.08 Å². The van der Waals surface area contributed by atoms with Gasteiger partial charge in [-0.05, 0) is 42.3 Å². The second-order valence-electron chi connectivity index (χ2n) is 5.40. The number of benzene rings is 2. The highest BCUT2D eigenvalue weighted by atomic mass is 16.5. The van der Waals surface area contributed by atoms with Crippen molar-refractivity contribution in [1.29, 1.82) is 0 Å². The van der Waals surface area contributed by atoms with Crippen molar-refractivity contribution < 1.29 is 9.47 Å². The molecular weight excluding hydrogens is 260 g/mol. The van der Waals surface area contributed by atoms with E-state index in [1.54, 1.807) is 7.11 Å². The van der Waals surface area contributed by atoms with Gasteiger partial charge < -0.3 is 9.47 Å². The summed E-state index contributed by atoms with van der Waals surface area (Å²) in [5, 5.41) is 0. The molecule has 0 aromatic heterocycles. The second-order valence-corrected chi connectivity index (χ2v) is 5.40. The fourth-order valence-corrected chi connectivity index (χ4v) is 2.88. The fourth-order valence-electron chi connectivity index (χ4n) is 2.88. The summed E-state index contributed by atoms with van der Waals surface area (Å²) in [4.78, 5) is 0. The van der Waals surface area contributed by atoms with E-state index in [2.05, 4.69) is 49.4 Å². The van der Waals surface area contributed by atoms with Crippen molar-refractivity contribution >= 4 is 6.08 Å². The van der Waals surface area contributed by atoms with E-state index in [0.717, 1.165) is 11.5 Å². The monoisotopic (exact) mass is 280 g/mol. The molecule has 0 amide bonds. The number of allylic oxidation sites excluding steroid dienone is 1. The Morgan fingerprint density at radius 1 is 1.10 bits per heavy atom. The number of ether oxygens (including phenoxy) is 2. The Balaban J connectivity index is 1.90. The van der Waals surface area contributed by atoms with E-state index in [1.165, 1.54) is 16.7 Å². The zero-order chi connectivity index (χ0) is 14.8. The molecule has 0 radical (unpaired) electrons. The highest BCUT2D eigenvalue weighted by molar-refractivity contribution is 5.55. The molecule has 108 valence electrons. The summed E-state index contributed by atoms with van der Waals surface area (Å²) in [6, 6.07) is 14.5. The third kappa shape index (κ3) is 2.54. The molecule has 0 aliphatic carbocycles. The van der Waals surface area contributed by atoms with Crippen molar-refractivity contribution in [2.24, 2.45) is 0 Å². The van der Waals surface area contributed by atoms with E-state index in [-0.39, 0.29) is 6.10 Å². The van der Waals surface area contributed by atoms with Gasteiger partial charge in [-0.2, -0.15) is 0 Å². The maximum atomic E-state index is 6.15. The summed E-state index contributed by atoms with van der Waals surface area (Å²) in [7, 11) is 1.68. The molecular formula is C19H20O2. The van der Waals surface area contributed by atoms with E-state index < -0.39 is 0 Å². The number of hydrogen-bond donors (Lipinski definition) is 0. The molecule has 3 rings (SSSR count). The Hall–Kier alpha value is -2.22. The first kappa shape index (κ1) is 13.7. The Bertz CT molecular complexity index is 656.